The Morgan fingerprint density at radius 3 is 2.24 bits per heavy atom. The van der Waals surface area contributed by atoms with Gasteiger partial charge in [0.2, 0.25) is 0 Å². The number of hydrogen-bond donors (Lipinski definition) is 4. The number of anilines is 1. The van der Waals surface area contributed by atoms with E-state index in [4.69, 9.17) is 9.47 Å². The molecule has 1 heterocycles. The Bertz CT molecular complexity index is 1500. The maximum atomic E-state index is 12.7. The minimum absolute atomic E-state index is 0.0187. The highest BCUT2D eigenvalue weighted by molar-refractivity contribution is 5.89. The molecule has 0 radical (unpaired) electrons. The highest BCUT2D eigenvalue weighted by atomic mass is 16.7. The van der Waals surface area contributed by atoms with Crippen LogP contribution < -0.4 is 10.6 Å². The van der Waals surface area contributed by atoms with E-state index in [-0.39, 0.29) is 36.8 Å². The van der Waals surface area contributed by atoms with Crippen LogP contribution in [0.4, 0.5) is 10.5 Å². The van der Waals surface area contributed by atoms with Gasteiger partial charge in [0.25, 0.3) is 0 Å². The number of amides is 2. The Morgan fingerprint density at radius 2 is 1.56 bits per heavy atom. The highest BCUT2D eigenvalue weighted by Gasteiger charge is 2.39. The van der Waals surface area contributed by atoms with Gasteiger partial charge < -0.3 is 30.3 Å². The van der Waals surface area contributed by atoms with E-state index in [2.05, 4.69) is 22.5 Å². The number of likely N-dealkylation sites (N-methyl/N-ethyl adjacent to an activating group) is 1. The third-order valence-corrected chi connectivity index (χ3v) is 8.60. The molecular weight excluding hydrogens is 566 g/mol. The van der Waals surface area contributed by atoms with E-state index >= 15 is 0 Å². The summed E-state index contributed by atoms with van der Waals surface area (Å²) >= 11 is 0. The first kappa shape index (κ1) is 32.3. The normalized spacial score (nSPS) is 21.2. The lowest BCUT2D eigenvalue weighted by atomic mass is 9.89. The van der Waals surface area contributed by atoms with Crippen LogP contribution in [0.2, 0.25) is 0 Å². The predicted molar refractivity (Wildman–Crippen MR) is 175 cm³/mol. The van der Waals surface area contributed by atoms with Crippen LogP contribution in [0, 0.1) is 5.92 Å². The lowest BCUT2D eigenvalue weighted by Crippen LogP contribution is -2.46. The lowest BCUT2D eigenvalue weighted by molar-refractivity contribution is -0.276. The quantitative estimate of drug-likeness (QED) is 0.158. The molecule has 5 rings (SSSR count). The molecule has 8 heteroatoms. The Morgan fingerprint density at radius 1 is 0.867 bits per heavy atom. The fourth-order valence-electron chi connectivity index (χ4n) is 5.66. The Balaban J connectivity index is 1.33. The minimum Gasteiger partial charge on any atom is -0.392 e. The molecule has 0 spiro atoms. The molecule has 45 heavy (non-hydrogen) atoms. The van der Waals surface area contributed by atoms with Gasteiger partial charge in [-0.3, -0.25) is 4.90 Å². The van der Waals surface area contributed by atoms with Gasteiger partial charge in [0, 0.05) is 36.3 Å². The van der Waals surface area contributed by atoms with Crippen molar-refractivity contribution in [3.8, 4) is 0 Å². The molecule has 0 aliphatic carbocycles. The number of ether oxygens (including phenoxy) is 2. The number of carbonyl (C=O) groups is 1. The summed E-state index contributed by atoms with van der Waals surface area (Å²) in [4.78, 5) is 14.8. The molecule has 4 aromatic rings. The second-order valence-corrected chi connectivity index (χ2v) is 11.8. The zero-order chi connectivity index (χ0) is 31.8. The van der Waals surface area contributed by atoms with Crippen LogP contribution >= 0.6 is 0 Å². The predicted octanol–water partition coefficient (Wildman–Crippen LogP) is 6.35. The molecule has 1 aliphatic rings. The van der Waals surface area contributed by atoms with E-state index in [0.29, 0.717) is 18.8 Å². The van der Waals surface area contributed by atoms with Gasteiger partial charge in [-0.05, 0) is 48.4 Å². The number of urea groups is 1. The van der Waals surface area contributed by atoms with Crippen molar-refractivity contribution in [1.82, 2.24) is 10.2 Å². The van der Waals surface area contributed by atoms with Crippen molar-refractivity contribution in [2.75, 3.05) is 18.9 Å². The van der Waals surface area contributed by atoms with Gasteiger partial charge in [-0.15, -0.1) is 0 Å². The maximum absolute atomic E-state index is 12.7. The Kier molecular flexibility index (Phi) is 11.0. The second-order valence-electron chi connectivity index (χ2n) is 11.8. The van der Waals surface area contributed by atoms with E-state index in [9.17, 15) is 15.0 Å². The zero-order valence-electron chi connectivity index (χ0n) is 26.0. The fourth-order valence-corrected chi connectivity index (χ4v) is 5.66. The van der Waals surface area contributed by atoms with Crippen molar-refractivity contribution in [2.45, 2.75) is 57.6 Å². The molecular formula is C37H43N3O5. The van der Waals surface area contributed by atoms with Gasteiger partial charge in [-0.1, -0.05) is 104 Å². The monoisotopic (exact) mass is 609 g/mol. The number of carbonyl (C=O) groups excluding carboxylic acids is 1. The molecule has 0 unspecified atom stereocenters. The number of aliphatic hydroxyl groups excluding tert-OH is 2. The topological polar surface area (TPSA) is 103 Å². The van der Waals surface area contributed by atoms with Crippen LogP contribution in [-0.4, -0.2) is 46.9 Å². The molecule has 0 saturated carbocycles. The van der Waals surface area contributed by atoms with E-state index in [1.54, 1.807) is 0 Å². The molecule has 6 atom stereocenters. The fraction of sp³-hybridized carbons (Fsp3) is 0.324. The van der Waals surface area contributed by atoms with Crippen LogP contribution in [0.5, 0.6) is 0 Å². The maximum Gasteiger partial charge on any atom is 0.319 e. The number of rotatable bonds is 11. The third-order valence-electron chi connectivity index (χ3n) is 8.60. The standard InChI is InChI=1S/C37H43N3O5/c1-25-33(23-40(3)26(2)34(42)29-13-8-5-9-14-29)44-36(45-35(25)30-19-17-28(24-41)18-20-30)31-15-10-16-32(21-31)39-37(43)38-22-27-11-6-4-7-12-27/h4-21,25-26,33-36,41-42H,22-24H2,1-3H3,(H2,38,39,43)/t25-,26+,33+,34+,35+,36+/m0/s1. The van der Waals surface area contributed by atoms with E-state index < -0.39 is 12.4 Å². The van der Waals surface area contributed by atoms with Crippen LogP contribution in [0.25, 0.3) is 0 Å². The van der Waals surface area contributed by atoms with Gasteiger partial charge >= 0.3 is 6.03 Å². The Labute approximate surface area is 265 Å². The summed E-state index contributed by atoms with van der Waals surface area (Å²) in [5.41, 5.74) is 5.12. The van der Waals surface area contributed by atoms with Gasteiger partial charge in [0.05, 0.1) is 24.9 Å². The van der Waals surface area contributed by atoms with Crippen molar-refractivity contribution in [3.63, 3.8) is 0 Å². The van der Waals surface area contributed by atoms with Gasteiger partial charge in [0.15, 0.2) is 6.29 Å². The Hall–Kier alpha value is -4.05. The van der Waals surface area contributed by atoms with Crippen LogP contribution in [0.1, 0.15) is 60.2 Å². The number of benzene rings is 4. The highest BCUT2D eigenvalue weighted by Crippen LogP contribution is 2.42. The van der Waals surface area contributed by atoms with Crippen molar-refractivity contribution in [1.29, 1.82) is 0 Å². The summed E-state index contributed by atoms with van der Waals surface area (Å²) in [5.74, 6) is -0.0187. The third kappa shape index (κ3) is 8.36. The van der Waals surface area contributed by atoms with Crippen LogP contribution in [0.3, 0.4) is 0 Å². The molecule has 236 valence electrons. The molecule has 1 fully saturated rings. The van der Waals surface area contributed by atoms with E-state index in [1.807, 2.05) is 123 Å². The van der Waals surface area contributed by atoms with Gasteiger partial charge in [-0.25, -0.2) is 4.79 Å². The second kappa shape index (κ2) is 15.3. The summed E-state index contributed by atoms with van der Waals surface area (Å²) in [7, 11) is 2.00. The van der Waals surface area contributed by atoms with Crippen molar-refractivity contribution >= 4 is 11.7 Å². The SMILES string of the molecule is C[C@H]1[C@@H](CN(C)[C@H](C)[C@@H](O)c2ccccc2)O[C@@H](c2cccc(NC(=O)NCc3ccccc3)c2)O[C@H]1c1ccc(CO)cc1. The summed E-state index contributed by atoms with van der Waals surface area (Å²) in [6.07, 6.45) is -1.85. The molecule has 1 saturated heterocycles. The molecule has 8 nitrogen and oxygen atoms in total. The zero-order valence-corrected chi connectivity index (χ0v) is 26.0. The molecule has 4 N–H and O–H groups in total. The van der Waals surface area contributed by atoms with Crippen LogP contribution in [0.15, 0.2) is 109 Å². The lowest BCUT2D eigenvalue weighted by Gasteiger charge is -2.43. The first-order valence-electron chi connectivity index (χ1n) is 15.4. The summed E-state index contributed by atoms with van der Waals surface area (Å²) in [6.45, 7) is 5.09. The molecule has 1 aliphatic heterocycles. The number of aliphatic hydroxyl groups is 2. The van der Waals surface area contributed by atoms with Gasteiger partial charge in [-0.2, -0.15) is 0 Å². The smallest absolute Gasteiger partial charge is 0.319 e. The number of nitrogens with one attached hydrogen (secondary N) is 2. The molecule has 0 bridgehead atoms. The average Bonchev–Trinajstić information content (AvgIpc) is 3.08. The first-order chi connectivity index (χ1) is 21.8. The van der Waals surface area contributed by atoms with Gasteiger partial charge in [0.1, 0.15) is 0 Å². The van der Waals surface area contributed by atoms with Crippen molar-refractivity contribution in [2.24, 2.45) is 5.92 Å². The summed E-state index contributed by atoms with van der Waals surface area (Å²) in [5, 5.41) is 26.5. The summed E-state index contributed by atoms with van der Waals surface area (Å²) in [6, 6.07) is 34.3. The van der Waals surface area contributed by atoms with Crippen molar-refractivity contribution < 1.29 is 24.5 Å². The number of hydrogen-bond acceptors (Lipinski definition) is 6. The average molecular weight is 610 g/mol. The number of nitrogens with zero attached hydrogens (tertiary/aromatic N) is 1. The van der Waals surface area contributed by atoms with Crippen molar-refractivity contribution in [3.05, 3.63) is 137 Å². The van der Waals surface area contributed by atoms with Crippen LogP contribution in [-0.2, 0) is 22.6 Å². The van der Waals surface area contributed by atoms with E-state index in [0.717, 1.165) is 27.8 Å². The largest absolute Gasteiger partial charge is 0.392 e. The molecule has 0 aromatic heterocycles. The molecule has 4 aromatic carbocycles. The van der Waals surface area contributed by atoms with E-state index in [1.165, 1.54) is 0 Å². The molecule has 2 amide bonds. The summed E-state index contributed by atoms with van der Waals surface area (Å²) < 4.78 is 13.3. The first-order valence-corrected chi connectivity index (χ1v) is 15.4. The minimum atomic E-state index is -0.689.